The van der Waals surface area contributed by atoms with Gasteiger partial charge in [-0.1, -0.05) is 15.9 Å². The highest BCUT2D eigenvalue weighted by atomic mass is 79.9. The zero-order valence-corrected chi connectivity index (χ0v) is 11.7. The van der Waals surface area contributed by atoms with Crippen molar-refractivity contribution >= 4 is 27.3 Å². The highest BCUT2D eigenvalue weighted by molar-refractivity contribution is 9.10. The van der Waals surface area contributed by atoms with E-state index < -0.39 is 0 Å². The van der Waals surface area contributed by atoms with E-state index in [0.29, 0.717) is 0 Å². The van der Waals surface area contributed by atoms with Crippen molar-refractivity contribution in [1.29, 1.82) is 0 Å². The van der Waals surface area contributed by atoms with E-state index in [9.17, 15) is 0 Å². The summed E-state index contributed by atoms with van der Waals surface area (Å²) in [5.74, 6) is 0.832. The zero-order valence-electron chi connectivity index (χ0n) is 10.2. The van der Waals surface area contributed by atoms with Gasteiger partial charge in [0.15, 0.2) is 0 Å². The Morgan fingerprint density at radius 3 is 2.88 bits per heavy atom. The van der Waals surface area contributed by atoms with Gasteiger partial charge < -0.3 is 15.4 Å². The number of ether oxygens (including phenoxy) is 1. The molecule has 1 aliphatic carbocycles. The van der Waals surface area contributed by atoms with Gasteiger partial charge in [-0.05, 0) is 37.0 Å². The smallest absolute Gasteiger partial charge is 0.0641 e. The molecule has 0 atom stereocenters. The first-order chi connectivity index (χ1) is 8.16. The average Bonchev–Trinajstić information content (AvgIpc) is 3.08. The lowest BCUT2D eigenvalue weighted by atomic mass is 10.2. The van der Waals surface area contributed by atoms with Crippen molar-refractivity contribution in [1.82, 2.24) is 0 Å². The standard InChI is InChI=1S/C13H19BrN2O/c1-16(6-7-17-9-10-2-3-10)13-5-4-11(14)8-12(13)15/h4-5,8,10H,2-3,6-7,9,15H2,1H3. The van der Waals surface area contributed by atoms with Crippen molar-refractivity contribution in [3.8, 4) is 0 Å². The number of likely N-dealkylation sites (N-methyl/N-ethyl adjacent to an activating group) is 1. The van der Waals surface area contributed by atoms with Crippen molar-refractivity contribution < 1.29 is 4.74 Å². The van der Waals surface area contributed by atoms with Crippen molar-refractivity contribution in [2.45, 2.75) is 12.8 Å². The number of benzene rings is 1. The summed E-state index contributed by atoms with van der Waals surface area (Å²) in [6.07, 6.45) is 2.69. The molecule has 1 aromatic carbocycles. The molecule has 4 heteroatoms. The van der Waals surface area contributed by atoms with Gasteiger partial charge in [0.25, 0.3) is 0 Å². The highest BCUT2D eigenvalue weighted by Gasteiger charge is 2.21. The summed E-state index contributed by atoms with van der Waals surface area (Å²) in [7, 11) is 2.04. The quantitative estimate of drug-likeness (QED) is 0.648. The van der Waals surface area contributed by atoms with Crippen LogP contribution in [0.3, 0.4) is 0 Å². The monoisotopic (exact) mass is 298 g/mol. The van der Waals surface area contributed by atoms with E-state index in [1.165, 1.54) is 12.8 Å². The van der Waals surface area contributed by atoms with Crippen molar-refractivity contribution in [2.75, 3.05) is 37.4 Å². The number of halogens is 1. The topological polar surface area (TPSA) is 38.5 Å². The molecule has 17 heavy (non-hydrogen) atoms. The van der Waals surface area contributed by atoms with E-state index in [1.54, 1.807) is 0 Å². The molecule has 2 rings (SSSR count). The molecular weight excluding hydrogens is 280 g/mol. The summed E-state index contributed by atoms with van der Waals surface area (Å²) < 4.78 is 6.63. The zero-order chi connectivity index (χ0) is 12.3. The molecule has 0 spiro atoms. The molecule has 0 unspecified atom stereocenters. The second-order valence-electron chi connectivity index (χ2n) is 4.64. The van der Waals surface area contributed by atoms with Gasteiger partial charge in [0.1, 0.15) is 0 Å². The second-order valence-corrected chi connectivity index (χ2v) is 5.56. The van der Waals surface area contributed by atoms with Gasteiger partial charge in [-0.15, -0.1) is 0 Å². The maximum atomic E-state index is 5.97. The molecule has 2 N–H and O–H groups in total. The molecule has 3 nitrogen and oxygen atoms in total. The molecule has 1 aromatic rings. The molecule has 0 aliphatic heterocycles. The number of nitrogens with two attached hydrogens (primary N) is 1. The third-order valence-electron chi connectivity index (χ3n) is 3.02. The molecular formula is C13H19BrN2O. The fourth-order valence-corrected chi connectivity index (χ4v) is 2.11. The molecule has 0 amide bonds. The first-order valence-electron chi connectivity index (χ1n) is 6.00. The maximum Gasteiger partial charge on any atom is 0.0641 e. The van der Waals surface area contributed by atoms with E-state index >= 15 is 0 Å². The molecule has 0 aromatic heterocycles. The van der Waals surface area contributed by atoms with Gasteiger partial charge in [-0.2, -0.15) is 0 Å². The predicted molar refractivity (Wildman–Crippen MR) is 75.4 cm³/mol. The molecule has 0 saturated heterocycles. The molecule has 0 bridgehead atoms. The van der Waals surface area contributed by atoms with E-state index in [0.717, 1.165) is 41.5 Å². The Hall–Kier alpha value is -0.740. The van der Waals surface area contributed by atoms with Crippen molar-refractivity contribution in [2.24, 2.45) is 5.92 Å². The first-order valence-corrected chi connectivity index (χ1v) is 6.80. The van der Waals surface area contributed by atoms with Crippen LogP contribution in [0, 0.1) is 5.92 Å². The third-order valence-corrected chi connectivity index (χ3v) is 3.52. The Balaban J connectivity index is 1.78. The summed E-state index contributed by atoms with van der Waals surface area (Å²) in [5, 5.41) is 0. The van der Waals surface area contributed by atoms with Crippen LogP contribution in [-0.2, 0) is 4.74 Å². The van der Waals surface area contributed by atoms with E-state index in [1.807, 2.05) is 25.2 Å². The lowest BCUT2D eigenvalue weighted by molar-refractivity contribution is 0.131. The molecule has 1 aliphatic rings. The lowest BCUT2D eigenvalue weighted by Crippen LogP contribution is -2.23. The Bertz CT molecular complexity index is 380. The predicted octanol–water partition coefficient (Wildman–Crippen LogP) is 2.89. The Kier molecular flexibility index (Phi) is 4.29. The fourth-order valence-electron chi connectivity index (χ4n) is 1.73. The number of rotatable bonds is 6. The largest absolute Gasteiger partial charge is 0.397 e. The maximum absolute atomic E-state index is 5.97. The van der Waals surface area contributed by atoms with Crippen molar-refractivity contribution in [3.05, 3.63) is 22.7 Å². The molecule has 1 fully saturated rings. The van der Waals surface area contributed by atoms with Crippen LogP contribution in [0.15, 0.2) is 22.7 Å². The van der Waals surface area contributed by atoms with Crippen LogP contribution in [0.1, 0.15) is 12.8 Å². The summed E-state index contributed by atoms with van der Waals surface area (Å²) in [6, 6.07) is 5.96. The van der Waals surface area contributed by atoms with Gasteiger partial charge >= 0.3 is 0 Å². The minimum absolute atomic E-state index is 0.766. The van der Waals surface area contributed by atoms with Crippen LogP contribution >= 0.6 is 15.9 Å². The highest BCUT2D eigenvalue weighted by Crippen LogP contribution is 2.29. The Labute approximate surface area is 111 Å². The van der Waals surface area contributed by atoms with E-state index in [2.05, 4.69) is 20.8 Å². The molecule has 94 valence electrons. The van der Waals surface area contributed by atoms with Gasteiger partial charge in [-0.3, -0.25) is 0 Å². The summed E-state index contributed by atoms with van der Waals surface area (Å²) in [6.45, 7) is 2.56. The van der Waals surface area contributed by atoms with Gasteiger partial charge in [0.2, 0.25) is 0 Å². The Morgan fingerprint density at radius 2 is 2.24 bits per heavy atom. The first kappa shape index (κ1) is 12.7. The minimum atomic E-state index is 0.766. The van der Waals surface area contributed by atoms with Crippen LogP contribution < -0.4 is 10.6 Å². The minimum Gasteiger partial charge on any atom is -0.397 e. The third kappa shape index (κ3) is 3.89. The van der Waals surface area contributed by atoms with Crippen molar-refractivity contribution in [3.63, 3.8) is 0 Å². The average molecular weight is 299 g/mol. The second kappa shape index (κ2) is 5.74. The normalized spacial score (nSPS) is 14.9. The lowest BCUT2D eigenvalue weighted by Gasteiger charge is -2.21. The number of anilines is 2. The van der Waals surface area contributed by atoms with E-state index in [-0.39, 0.29) is 0 Å². The molecule has 1 saturated carbocycles. The molecule has 0 radical (unpaired) electrons. The number of hydrogen-bond acceptors (Lipinski definition) is 3. The number of nitrogens with zero attached hydrogens (tertiary/aromatic N) is 1. The van der Waals surface area contributed by atoms with Crippen LogP contribution in [0.25, 0.3) is 0 Å². The summed E-state index contributed by atoms with van der Waals surface area (Å²) in [4.78, 5) is 2.13. The van der Waals surface area contributed by atoms with Gasteiger partial charge in [0, 0.05) is 24.7 Å². The van der Waals surface area contributed by atoms with Crippen LogP contribution in [0.4, 0.5) is 11.4 Å². The Morgan fingerprint density at radius 1 is 1.47 bits per heavy atom. The molecule has 0 heterocycles. The number of hydrogen-bond donors (Lipinski definition) is 1. The fraction of sp³-hybridized carbons (Fsp3) is 0.538. The summed E-state index contributed by atoms with van der Waals surface area (Å²) in [5.41, 5.74) is 7.83. The summed E-state index contributed by atoms with van der Waals surface area (Å²) >= 11 is 3.41. The van der Waals surface area contributed by atoms with Crippen LogP contribution in [0.5, 0.6) is 0 Å². The SMILES string of the molecule is CN(CCOCC1CC1)c1ccc(Br)cc1N. The van der Waals surface area contributed by atoms with E-state index in [4.69, 9.17) is 10.5 Å². The van der Waals surface area contributed by atoms with Crippen LogP contribution in [-0.4, -0.2) is 26.8 Å². The number of nitrogen functional groups attached to an aromatic ring is 1. The van der Waals surface area contributed by atoms with Gasteiger partial charge in [-0.25, -0.2) is 0 Å². The van der Waals surface area contributed by atoms with Crippen LogP contribution in [0.2, 0.25) is 0 Å². The van der Waals surface area contributed by atoms with Gasteiger partial charge in [0.05, 0.1) is 18.0 Å².